The Morgan fingerprint density at radius 2 is 2.29 bits per heavy atom. The molecule has 1 unspecified atom stereocenters. The van der Waals surface area contributed by atoms with Gasteiger partial charge < -0.3 is 10.1 Å². The number of carbonyl (C=O) groups is 2. The maximum absolute atomic E-state index is 12.4. The molecule has 0 aliphatic heterocycles. The third kappa shape index (κ3) is 3.10. The van der Waals surface area contributed by atoms with E-state index in [9.17, 15) is 9.59 Å². The van der Waals surface area contributed by atoms with Crippen molar-refractivity contribution in [3.05, 3.63) is 28.1 Å². The Bertz CT molecular complexity index is 607. The molecule has 1 atom stereocenters. The van der Waals surface area contributed by atoms with Gasteiger partial charge in [-0.2, -0.15) is 5.10 Å². The van der Waals surface area contributed by atoms with Gasteiger partial charge in [0.15, 0.2) is 0 Å². The first-order valence-electron chi connectivity index (χ1n) is 6.77. The van der Waals surface area contributed by atoms with E-state index in [2.05, 4.69) is 15.2 Å². The summed E-state index contributed by atoms with van der Waals surface area (Å²) >= 11 is 6.13. The van der Waals surface area contributed by atoms with Gasteiger partial charge in [-0.1, -0.05) is 24.6 Å². The first-order valence-corrected chi connectivity index (χ1v) is 7.15. The summed E-state index contributed by atoms with van der Waals surface area (Å²) in [5.41, 5.74) is 1.67. The lowest BCUT2D eigenvalue weighted by molar-refractivity contribution is -0.136. The molecular formula is C14H18ClN3O3. The number of carbonyl (C=O) groups excluding carboxylic acids is 2. The fourth-order valence-corrected chi connectivity index (χ4v) is 2.64. The molecular weight excluding hydrogens is 294 g/mol. The van der Waals surface area contributed by atoms with E-state index in [0.29, 0.717) is 41.2 Å². The molecule has 1 aromatic heterocycles. The number of nitrogens with one attached hydrogen (secondary N) is 1. The number of esters is 1. The Morgan fingerprint density at radius 3 is 2.90 bits per heavy atom. The van der Waals surface area contributed by atoms with E-state index in [1.807, 2.05) is 6.92 Å². The van der Waals surface area contributed by atoms with Gasteiger partial charge in [0.25, 0.3) is 5.91 Å². The van der Waals surface area contributed by atoms with Crippen molar-refractivity contribution in [2.75, 3.05) is 7.11 Å². The third-order valence-corrected chi connectivity index (χ3v) is 3.94. The Balaban J connectivity index is 2.06. The van der Waals surface area contributed by atoms with Crippen LogP contribution >= 0.6 is 11.6 Å². The van der Waals surface area contributed by atoms with Crippen LogP contribution < -0.4 is 5.32 Å². The summed E-state index contributed by atoms with van der Waals surface area (Å²) in [6.07, 6.45) is 3.50. The van der Waals surface area contributed by atoms with E-state index in [-0.39, 0.29) is 17.9 Å². The Labute approximate surface area is 128 Å². The van der Waals surface area contributed by atoms with E-state index in [1.54, 1.807) is 13.1 Å². The van der Waals surface area contributed by atoms with Crippen molar-refractivity contribution in [2.45, 2.75) is 32.2 Å². The van der Waals surface area contributed by atoms with E-state index < -0.39 is 0 Å². The molecule has 7 heteroatoms. The van der Waals surface area contributed by atoms with Crippen LogP contribution in [0.4, 0.5) is 0 Å². The second-order valence-electron chi connectivity index (χ2n) is 4.92. The van der Waals surface area contributed by atoms with Gasteiger partial charge in [0.2, 0.25) is 0 Å². The topological polar surface area (TPSA) is 73.2 Å². The van der Waals surface area contributed by atoms with Crippen molar-refractivity contribution < 1.29 is 14.3 Å². The summed E-state index contributed by atoms with van der Waals surface area (Å²) in [5.74, 6) is -0.602. The van der Waals surface area contributed by atoms with Gasteiger partial charge in [-0.3, -0.25) is 9.48 Å². The van der Waals surface area contributed by atoms with Crippen molar-refractivity contribution in [1.82, 2.24) is 15.1 Å². The minimum atomic E-state index is -0.347. The van der Waals surface area contributed by atoms with E-state index >= 15 is 0 Å². The number of rotatable bonds is 4. The molecule has 6 nitrogen and oxygen atoms in total. The molecule has 1 amide bonds. The Hall–Kier alpha value is -1.82. The first kappa shape index (κ1) is 15.6. The van der Waals surface area contributed by atoms with Gasteiger partial charge in [0, 0.05) is 18.7 Å². The highest BCUT2D eigenvalue weighted by atomic mass is 35.5. The number of aromatic nitrogens is 2. The standard InChI is InChI=1S/C14H18ClN3O3/c1-4-10-11(12(15)18(2)17-10)13(19)16-9-6-5-8(7-9)14(20)21-3/h5,9H,4,6-7H2,1-3H3,(H,16,19). The molecule has 0 radical (unpaired) electrons. The molecule has 1 N–H and O–H groups in total. The van der Waals surface area contributed by atoms with Crippen LogP contribution in [0.2, 0.25) is 5.15 Å². The van der Waals surface area contributed by atoms with Crippen molar-refractivity contribution >= 4 is 23.5 Å². The predicted molar refractivity (Wildman–Crippen MR) is 78.2 cm³/mol. The summed E-state index contributed by atoms with van der Waals surface area (Å²) < 4.78 is 6.16. The van der Waals surface area contributed by atoms with Gasteiger partial charge in [0.05, 0.1) is 18.4 Å². The normalized spacial score (nSPS) is 17.5. The molecule has 21 heavy (non-hydrogen) atoms. The number of hydrogen-bond acceptors (Lipinski definition) is 4. The summed E-state index contributed by atoms with van der Waals surface area (Å²) in [7, 11) is 3.04. The van der Waals surface area contributed by atoms with E-state index in [1.165, 1.54) is 11.8 Å². The van der Waals surface area contributed by atoms with Crippen molar-refractivity contribution in [3.8, 4) is 0 Å². The summed E-state index contributed by atoms with van der Waals surface area (Å²) in [5, 5.41) is 7.44. The summed E-state index contributed by atoms with van der Waals surface area (Å²) in [6.45, 7) is 1.92. The molecule has 114 valence electrons. The highest BCUT2D eigenvalue weighted by Gasteiger charge is 2.27. The van der Waals surface area contributed by atoms with Crippen molar-refractivity contribution in [2.24, 2.45) is 7.05 Å². The number of ether oxygens (including phenoxy) is 1. The van der Waals surface area contributed by atoms with Crippen LogP contribution in [-0.4, -0.2) is 34.8 Å². The number of halogens is 1. The fraction of sp³-hybridized carbons (Fsp3) is 0.500. The van der Waals surface area contributed by atoms with Crippen LogP contribution in [0.1, 0.15) is 35.8 Å². The molecule has 0 fully saturated rings. The molecule has 0 saturated carbocycles. The molecule has 1 aromatic rings. The number of hydrogen-bond donors (Lipinski definition) is 1. The minimum Gasteiger partial charge on any atom is -0.466 e. The lowest BCUT2D eigenvalue weighted by atomic mass is 10.1. The zero-order chi connectivity index (χ0) is 15.6. The number of aryl methyl sites for hydroxylation is 2. The summed E-state index contributed by atoms with van der Waals surface area (Å²) in [4.78, 5) is 23.8. The smallest absolute Gasteiger partial charge is 0.333 e. The predicted octanol–water partition coefficient (Wildman–Crippen LogP) is 1.63. The molecule has 0 saturated heterocycles. The monoisotopic (exact) mass is 311 g/mol. The summed E-state index contributed by atoms with van der Waals surface area (Å²) in [6, 6.07) is -0.118. The third-order valence-electron chi connectivity index (χ3n) is 3.51. The van der Waals surface area contributed by atoms with Crippen molar-refractivity contribution in [1.29, 1.82) is 0 Å². The van der Waals surface area contributed by atoms with Crippen LogP contribution in [0.5, 0.6) is 0 Å². The molecule has 1 aliphatic rings. The van der Waals surface area contributed by atoms with Gasteiger partial charge in [0.1, 0.15) is 5.15 Å². The number of methoxy groups -OCH3 is 1. The zero-order valence-corrected chi connectivity index (χ0v) is 13.0. The maximum atomic E-state index is 12.4. The molecule has 1 aliphatic carbocycles. The highest BCUT2D eigenvalue weighted by molar-refractivity contribution is 6.33. The van der Waals surface area contributed by atoms with E-state index in [4.69, 9.17) is 11.6 Å². The molecule has 0 aromatic carbocycles. The number of nitrogens with zero attached hydrogens (tertiary/aromatic N) is 2. The van der Waals surface area contributed by atoms with Crippen LogP contribution in [0.15, 0.2) is 11.6 Å². The lowest BCUT2D eigenvalue weighted by Gasteiger charge is -2.13. The largest absolute Gasteiger partial charge is 0.466 e. The quantitative estimate of drug-likeness (QED) is 0.858. The first-order chi connectivity index (χ1) is 9.97. The van der Waals surface area contributed by atoms with Gasteiger partial charge >= 0.3 is 5.97 Å². The Kier molecular flexibility index (Phi) is 4.67. The second kappa shape index (κ2) is 6.30. The average Bonchev–Trinajstić information content (AvgIpc) is 3.03. The van der Waals surface area contributed by atoms with Gasteiger partial charge in [-0.25, -0.2) is 4.79 Å². The highest BCUT2D eigenvalue weighted by Crippen LogP contribution is 2.23. The van der Waals surface area contributed by atoms with Crippen LogP contribution in [-0.2, 0) is 23.0 Å². The molecule has 0 bridgehead atoms. The zero-order valence-electron chi connectivity index (χ0n) is 12.3. The van der Waals surface area contributed by atoms with E-state index in [0.717, 1.165) is 0 Å². The molecule has 2 rings (SSSR count). The van der Waals surface area contributed by atoms with Crippen molar-refractivity contribution in [3.63, 3.8) is 0 Å². The fourth-order valence-electron chi connectivity index (χ4n) is 2.41. The maximum Gasteiger partial charge on any atom is 0.333 e. The number of amides is 1. The SMILES string of the molecule is CCc1nn(C)c(Cl)c1C(=O)NC1CC=C(C(=O)OC)C1. The molecule has 0 spiro atoms. The van der Waals surface area contributed by atoms with Gasteiger partial charge in [-0.15, -0.1) is 0 Å². The van der Waals surface area contributed by atoms with Crippen LogP contribution in [0, 0.1) is 0 Å². The minimum absolute atomic E-state index is 0.118. The lowest BCUT2D eigenvalue weighted by Crippen LogP contribution is -2.34. The van der Waals surface area contributed by atoms with Crippen LogP contribution in [0.25, 0.3) is 0 Å². The van der Waals surface area contributed by atoms with Crippen LogP contribution in [0.3, 0.4) is 0 Å². The Morgan fingerprint density at radius 1 is 1.57 bits per heavy atom. The molecule has 1 heterocycles. The van der Waals surface area contributed by atoms with Gasteiger partial charge in [-0.05, 0) is 19.3 Å². The average molecular weight is 312 g/mol. The second-order valence-corrected chi connectivity index (χ2v) is 5.28.